The Bertz CT molecular complexity index is 558. The van der Waals surface area contributed by atoms with Crippen LogP contribution in [0.3, 0.4) is 0 Å². The van der Waals surface area contributed by atoms with Gasteiger partial charge in [0.15, 0.2) is 0 Å². The van der Waals surface area contributed by atoms with Crippen molar-refractivity contribution in [3.63, 3.8) is 0 Å². The Hall–Kier alpha value is -1.91. The molecule has 1 aromatic carbocycles. The van der Waals surface area contributed by atoms with E-state index in [1.807, 2.05) is 0 Å². The maximum atomic E-state index is 13.0. The summed E-state index contributed by atoms with van der Waals surface area (Å²) in [4.78, 5) is 27.9. The summed E-state index contributed by atoms with van der Waals surface area (Å²) in [6.07, 6.45) is 4.39. The summed E-state index contributed by atoms with van der Waals surface area (Å²) in [5, 5.41) is 0. The van der Waals surface area contributed by atoms with Crippen LogP contribution in [0.5, 0.6) is 0 Å². The molecule has 5 heteroatoms. The van der Waals surface area contributed by atoms with Gasteiger partial charge in [0.2, 0.25) is 11.8 Å². The average molecular weight is 304 g/mol. The van der Waals surface area contributed by atoms with E-state index in [2.05, 4.69) is 0 Å². The second-order valence-electron chi connectivity index (χ2n) is 6.07. The first-order chi connectivity index (χ1) is 10.6. The second-order valence-corrected chi connectivity index (χ2v) is 6.07. The van der Waals surface area contributed by atoms with E-state index in [4.69, 9.17) is 0 Å². The lowest BCUT2D eigenvalue weighted by Gasteiger charge is -2.42. The number of carbonyl (C=O) groups excluding carboxylic acids is 2. The summed E-state index contributed by atoms with van der Waals surface area (Å²) in [5.74, 6) is -0.184. The maximum absolute atomic E-state index is 13.0. The van der Waals surface area contributed by atoms with Gasteiger partial charge in [-0.3, -0.25) is 9.59 Å². The van der Waals surface area contributed by atoms with E-state index in [1.54, 1.807) is 21.9 Å². The molecule has 2 amide bonds. The van der Waals surface area contributed by atoms with Crippen LogP contribution in [-0.4, -0.2) is 41.2 Å². The van der Waals surface area contributed by atoms with E-state index in [1.165, 1.54) is 12.1 Å². The fourth-order valence-electron chi connectivity index (χ4n) is 3.18. The molecule has 1 atom stereocenters. The molecule has 0 radical (unpaired) electrons. The van der Waals surface area contributed by atoms with Gasteiger partial charge in [0.25, 0.3) is 0 Å². The van der Waals surface area contributed by atoms with Gasteiger partial charge in [-0.2, -0.15) is 0 Å². The monoisotopic (exact) mass is 304 g/mol. The molecule has 2 aliphatic rings. The lowest BCUT2D eigenvalue weighted by Crippen LogP contribution is -2.50. The Kier molecular flexibility index (Phi) is 4.41. The van der Waals surface area contributed by atoms with Crippen molar-refractivity contribution < 1.29 is 14.0 Å². The highest BCUT2D eigenvalue weighted by molar-refractivity contribution is 5.85. The van der Waals surface area contributed by atoms with Gasteiger partial charge in [0, 0.05) is 19.5 Å². The van der Waals surface area contributed by atoms with Crippen LogP contribution in [0.25, 0.3) is 0 Å². The van der Waals surface area contributed by atoms with Crippen molar-refractivity contribution in [2.24, 2.45) is 0 Å². The highest BCUT2D eigenvalue weighted by Crippen LogP contribution is 2.33. The number of halogens is 1. The molecule has 0 aromatic heterocycles. The molecule has 1 aromatic rings. The van der Waals surface area contributed by atoms with Gasteiger partial charge in [-0.1, -0.05) is 18.6 Å². The fraction of sp³-hybridized carbons (Fsp3) is 0.529. The lowest BCUT2D eigenvalue weighted by molar-refractivity contribution is -0.145. The summed E-state index contributed by atoms with van der Waals surface area (Å²) in [5.41, 5.74) is 0.961. The Morgan fingerprint density at radius 3 is 2.59 bits per heavy atom. The summed E-state index contributed by atoms with van der Waals surface area (Å²) >= 11 is 0. The quantitative estimate of drug-likeness (QED) is 0.861. The predicted molar refractivity (Wildman–Crippen MR) is 80.5 cm³/mol. The normalized spacial score (nSPS) is 22.2. The molecule has 118 valence electrons. The van der Waals surface area contributed by atoms with E-state index in [-0.39, 0.29) is 30.2 Å². The zero-order valence-electron chi connectivity index (χ0n) is 12.6. The number of amides is 2. The first kappa shape index (κ1) is 15.0. The molecule has 4 nitrogen and oxygen atoms in total. The van der Waals surface area contributed by atoms with Crippen LogP contribution in [0.2, 0.25) is 0 Å². The van der Waals surface area contributed by atoms with Gasteiger partial charge in [0.05, 0.1) is 12.6 Å². The highest BCUT2D eigenvalue weighted by atomic mass is 19.1. The third-order valence-electron chi connectivity index (χ3n) is 4.59. The topological polar surface area (TPSA) is 40.6 Å². The molecule has 1 unspecified atom stereocenters. The van der Waals surface area contributed by atoms with Gasteiger partial charge in [-0.15, -0.1) is 0 Å². The minimum Gasteiger partial charge on any atom is -0.334 e. The first-order valence-electron chi connectivity index (χ1n) is 7.98. The van der Waals surface area contributed by atoms with Crippen LogP contribution < -0.4 is 0 Å². The number of nitrogens with zero attached hydrogens (tertiary/aromatic N) is 2. The van der Waals surface area contributed by atoms with Crippen molar-refractivity contribution in [1.82, 2.24) is 9.80 Å². The molecule has 0 bridgehead atoms. The molecule has 0 N–H and O–H groups in total. The number of hydrogen-bond acceptors (Lipinski definition) is 2. The zero-order chi connectivity index (χ0) is 15.5. The van der Waals surface area contributed by atoms with Gasteiger partial charge < -0.3 is 9.80 Å². The first-order valence-corrected chi connectivity index (χ1v) is 7.98. The molecule has 0 saturated carbocycles. The second kappa shape index (κ2) is 6.46. The van der Waals surface area contributed by atoms with Crippen LogP contribution >= 0.6 is 0 Å². The van der Waals surface area contributed by atoms with Crippen LogP contribution in [0, 0.1) is 5.82 Å². The van der Waals surface area contributed by atoms with E-state index in [9.17, 15) is 14.0 Å². The molecule has 22 heavy (non-hydrogen) atoms. The van der Waals surface area contributed by atoms with Crippen LogP contribution in [0.1, 0.15) is 43.7 Å². The van der Waals surface area contributed by atoms with Gasteiger partial charge in [-0.25, -0.2) is 4.39 Å². The number of benzene rings is 1. The molecule has 0 aliphatic carbocycles. The highest BCUT2D eigenvalue weighted by Gasteiger charge is 2.34. The number of carbonyl (C=O) groups is 2. The molecular weight excluding hydrogens is 283 g/mol. The number of likely N-dealkylation sites (tertiary alicyclic amines) is 2. The Morgan fingerprint density at radius 1 is 1.14 bits per heavy atom. The van der Waals surface area contributed by atoms with Crippen molar-refractivity contribution in [2.45, 2.75) is 38.1 Å². The van der Waals surface area contributed by atoms with E-state index < -0.39 is 0 Å². The third kappa shape index (κ3) is 3.13. The van der Waals surface area contributed by atoms with Gasteiger partial charge >= 0.3 is 0 Å². The Morgan fingerprint density at radius 2 is 1.91 bits per heavy atom. The minimum absolute atomic E-state index is 0.00387. The summed E-state index contributed by atoms with van der Waals surface area (Å²) < 4.78 is 13.0. The van der Waals surface area contributed by atoms with E-state index in [0.29, 0.717) is 19.5 Å². The predicted octanol–water partition coefficient (Wildman–Crippen LogP) is 2.50. The molecular formula is C17H21FN2O2. The number of hydrogen-bond donors (Lipinski definition) is 0. The third-order valence-corrected chi connectivity index (χ3v) is 4.59. The van der Waals surface area contributed by atoms with Crippen LogP contribution in [0.4, 0.5) is 4.39 Å². The van der Waals surface area contributed by atoms with Crippen molar-refractivity contribution in [1.29, 1.82) is 0 Å². The van der Waals surface area contributed by atoms with Crippen molar-refractivity contribution in [3.05, 3.63) is 35.6 Å². The largest absolute Gasteiger partial charge is 0.334 e. The van der Waals surface area contributed by atoms with Crippen molar-refractivity contribution in [2.75, 3.05) is 19.6 Å². The molecule has 2 aliphatic heterocycles. The summed E-state index contributed by atoms with van der Waals surface area (Å²) in [7, 11) is 0. The molecule has 3 rings (SSSR count). The summed E-state index contributed by atoms with van der Waals surface area (Å²) in [6.45, 7) is 1.57. The molecule has 2 saturated heterocycles. The van der Waals surface area contributed by atoms with Crippen LogP contribution in [-0.2, 0) is 9.59 Å². The molecule has 2 heterocycles. The average Bonchev–Trinajstić information content (AvgIpc) is 2.65. The molecule has 0 spiro atoms. The number of rotatable bonds is 3. The van der Waals surface area contributed by atoms with Gasteiger partial charge in [-0.05, 0) is 37.0 Å². The van der Waals surface area contributed by atoms with E-state index in [0.717, 1.165) is 31.2 Å². The van der Waals surface area contributed by atoms with Gasteiger partial charge in [0.1, 0.15) is 5.82 Å². The molecule has 2 fully saturated rings. The van der Waals surface area contributed by atoms with Crippen LogP contribution in [0.15, 0.2) is 24.3 Å². The standard InChI is InChI=1S/C17H21FN2O2/c18-14-7-5-13(6-8-14)15-9-11-20(15)17(22)12-19-10-3-1-2-4-16(19)21/h5-8,15H,1-4,9-12H2. The van der Waals surface area contributed by atoms with Crippen molar-refractivity contribution >= 4 is 11.8 Å². The Balaban J connectivity index is 1.62. The van der Waals surface area contributed by atoms with E-state index >= 15 is 0 Å². The maximum Gasteiger partial charge on any atom is 0.242 e. The lowest BCUT2D eigenvalue weighted by atomic mass is 9.94. The fourth-order valence-corrected chi connectivity index (χ4v) is 3.18. The van der Waals surface area contributed by atoms with Crippen molar-refractivity contribution in [3.8, 4) is 0 Å². The summed E-state index contributed by atoms with van der Waals surface area (Å²) in [6, 6.07) is 6.34. The Labute approximate surface area is 129 Å². The SMILES string of the molecule is O=C1CCCCCN1CC(=O)N1CCC1c1ccc(F)cc1. The zero-order valence-corrected chi connectivity index (χ0v) is 12.6. The smallest absolute Gasteiger partial charge is 0.242 e. The minimum atomic E-state index is -0.267.